The first kappa shape index (κ1) is 18.3. The van der Waals surface area contributed by atoms with Gasteiger partial charge in [0.2, 0.25) is 0 Å². The van der Waals surface area contributed by atoms with Crippen LogP contribution in [-0.4, -0.2) is 50.3 Å². The second-order valence-corrected chi connectivity index (χ2v) is 6.40. The maximum absolute atomic E-state index is 13.8. The van der Waals surface area contributed by atoms with E-state index in [-0.39, 0.29) is 11.8 Å². The summed E-state index contributed by atoms with van der Waals surface area (Å²) < 4.78 is 19.4. The quantitative estimate of drug-likeness (QED) is 0.812. The number of halogens is 2. The Morgan fingerprint density at radius 3 is 2.62 bits per heavy atom. The third-order valence-corrected chi connectivity index (χ3v) is 4.44. The fourth-order valence-corrected chi connectivity index (χ4v) is 3.03. The lowest BCUT2D eigenvalue weighted by Gasteiger charge is -2.36. The van der Waals surface area contributed by atoms with Crippen LogP contribution in [0.1, 0.15) is 0 Å². The number of nitrogens with zero attached hydrogens (tertiary/aromatic N) is 2. The zero-order chi connectivity index (χ0) is 18.4. The van der Waals surface area contributed by atoms with Crippen molar-refractivity contribution in [2.75, 3.05) is 44.2 Å². The molecule has 3 rings (SSSR count). The molecular formula is C19H21ClFN3O2. The van der Waals surface area contributed by atoms with Crippen molar-refractivity contribution in [3.63, 3.8) is 0 Å². The molecule has 0 atom stereocenters. The van der Waals surface area contributed by atoms with E-state index in [2.05, 4.69) is 5.32 Å². The Labute approximate surface area is 157 Å². The van der Waals surface area contributed by atoms with Gasteiger partial charge in [0.15, 0.2) is 0 Å². The number of amides is 2. The fraction of sp³-hybridized carbons (Fsp3) is 0.316. The molecule has 26 heavy (non-hydrogen) atoms. The van der Waals surface area contributed by atoms with Crippen molar-refractivity contribution in [3.05, 3.63) is 59.4 Å². The van der Waals surface area contributed by atoms with Crippen molar-refractivity contribution < 1.29 is 13.9 Å². The summed E-state index contributed by atoms with van der Waals surface area (Å²) in [5.74, 6) is 0.439. The van der Waals surface area contributed by atoms with Gasteiger partial charge in [-0.05, 0) is 30.3 Å². The number of carbonyl (C=O) groups is 1. The molecule has 1 aliphatic heterocycles. The number of anilines is 1. The number of rotatable bonds is 5. The van der Waals surface area contributed by atoms with E-state index in [1.165, 1.54) is 6.07 Å². The second-order valence-electron chi connectivity index (χ2n) is 5.96. The van der Waals surface area contributed by atoms with Crippen LogP contribution >= 0.6 is 11.6 Å². The number of carbonyl (C=O) groups excluding carboxylic acids is 1. The monoisotopic (exact) mass is 377 g/mol. The van der Waals surface area contributed by atoms with Crippen molar-refractivity contribution in [1.29, 1.82) is 0 Å². The van der Waals surface area contributed by atoms with E-state index >= 15 is 0 Å². The fourth-order valence-electron chi connectivity index (χ4n) is 2.85. The molecule has 0 saturated carbocycles. The summed E-state index contributed by atoms with van der Waals surface area (Å²) in [6.45, 7) is 3.07. The molecule has 0 unspecified atom stereocenters. The van der Waals surface area contributed by atoms with Crippen LogP contribution in [0.4, 0.5) is 14.9 Å². The number of piperazine rings is 1. The van der Waals surface area contributed by atoms with Crippen LogP contribution in [0.15, 0.2) is 48.5 Å². The van der Waals surface area contributed by atoms with E-state index in [0.29, 0.717) is 55.8 Å². The van der Waals surface area contributed by atoms with E-state index < -0.39 is 0 Å². The Bertz CT molecular complexity index is 751. The van der Waals surface area contributed by atoms with Gasteiger partial charge in [0.1, 0.15) is 18.2 Å². The molecule has 2 aromatic carbocycles. The normalized spacial score (nSPS) is 14.2. The van der Waals surface area contributed by atoms with Crippen LogP contribution in [0.25, 0.3) is 0 Å². The van der Waals surface area contributed by atoms with Gasteiger partial charge in [0, 0.05) is 31.2 Å². The summed E-state index contributed by atoms with van der Waals surface area (Å²) in [5, 5.41) is 3.45. The highest BCUT2D eigenvalue weighted by molar-refractivity contribution is 6.30. The lowest BCUT2D eigenvalue weighted by atomic mass is 10.2. The van der Waals surface area contributed by atoms with Crippen LogP contribution in [0.2, 0.25) is 5.02 Å². The molecule has 1 saturated heterocycles. The minimum atomic E-state index is -0.233. The zero-order valence-corrected chi connectivity index (χ0v) is 15.1. The Kier molecular flexibility index (Phi) is 6.17. The summed E-state index contributed by atoms with van der Waals surface area (Å²) in [5.41, 5.74) is 0.586. The van der Waals surface area contributed by atoms with E-state index in [1.807, 2.05) is 23.1 Å². The smallest absolute Gasteiger partial charge is 0.317 e. The Morgan fingerprint density at radius 1 is 1.12 bits per heavy atom. The summed E-state index contributed by atoms with van der Waals surface area (Å²) in [7, 11) is 0. The van der Waals surface area contributed by atoms with Crippen LogP contribution in [0.3, 0.4) is 0 Å². The lowest BCUT2D eigenvalue weighted by molar-refractivity contribution is 0.191. The van der Waals surface area contributed by atoms with E-state index in [0.717, 1.165) is 0 Å². The molecule has 0 bridgehead atoms. The average molecular weight is 378 g/mol. The maximum atomic E-state index is 13.8. The molecule has 2 amide bonds. The second kappa shape index (κ2) is 8.76. The molecule has 7 heteroatoms. The highest BCUT2D eigenvalue weighted by Gasteiger charge is 2.22. The molecule has 2 aromatic rings. The van der Waals surface area contributed by atoms with Crippen molar-refractivity contribution in [1.82, 2.24) is 10.2 Å². The largest absolute Gasteiger partial charge is 0.492 e. The number of para-hydroxylation sites is 1. The molecule has 1 N–H and O–H groups in total. The van der Waals surface area contributed by atoms with Gasteiger partial charge in [-0.1, -0.05) is 29.8 Å². The Hall–Kier alpha value is -2.47. The molecule has 1 aliphatic rings. The van der Waals surface area contributed by atoms with Crippen molar-refractivity contribution in [2.24, 2.45) is 0 Å². The van der Waals surface area contributed by atoms with Gasteiger partial charge in [-0.2, -0.15) is 0 Å². The van der Waals surface area contributed by atoms with E-state index in [1.54, 1.807) is 29.2 Å². The summed E-state index contributed by atoms with van der Waals surface area (Å²) >= 11 is 5.89. The first-order valence-corrected chi connectivity index (χ1v) is 8.92. The van der Waals surface area contributed by atoms with Crippen molar-refractivity contribution in [2.45, 2.75) is 0 Å². The van der Waals surface area contributed by atoms with Gasteiger partial charge in [-0.25, -0.2) is 9.18 Å². The number of benzene rings is 2. The molecule has 138 valence electrons. The number of urea groups is 1. The minimum Gasteiger partial charge on any atom is -0.492 e. The summed E-state index contributed by atoms with van der Waals surface area (Å²) in [4.78, 5) is 15.9. The minimum absolute atomic E-state index is 0.132. The number of ether oxygens (including phenoxy) is 1. The number of hydrogen-bond donors (Lipinski definition) is 1. The molecule has 0 aliphatic carbocycles. The van der Waals surface area contributed by atoms with Crippen molar-refractivity contribution in [3.8, 4) is 5.75 Å². The maximum Gasteiger partial charge on any atom is 0.317 e. The molecule has 0 aromatic heterocycles. The first-order chi connectivity index (χ1) is 12.6. The molecule has 0 spiro atoms. The van der Waals surface area contributed by atoms with Gasteiger partial charge >= 0.3 is 6.03 Å². The highest BCUT2D eigenvalue weighted by Crippen LogP contribution is 2.20. The van der Waals surface area contributed by atoms with Crippen LogP contribution in [0.5, 0.6) is 5.75 Å². The molecule has 5 nitrogen and oxygen atoms in total. The van der Waals surface area contributed by atoms with Crippen LogP contribution in [0, 0.1) is 5.82 Å². The van der Waals surface area contributed by atoms with Crippen LogP contribution < -0.4 is 15.0 Å². The average Bonchev–Trinajstić information content (AvgIpc) is 2.66. The number of hydrogen-bond acceptors (Lipinski definition) is 3. The standard InChI is InChI=1S/C19H21ClFN3O2/c20-15-4-3-5-16(14-15)26-13-8-22-19(25)24-11-9-23(10-12-24)18-7-2-1-6-17(18)21/h1-7,14H,8-13H2,(H,22,25). The first-order valence-electron chi connectivity index (χ1n) is 8.54. The van der Waals surface area contributed by atoms with Gasteiger partial charge in [-0.15, -0.1) is 0 Å². The third kappa shape index (κ3) is 4.79. The van der Waals surface area contributed by atoms with Gasteiger partial charge in [0.25, 0.3) is 0 Å². The summed E-state index contributed by atoms with van der Waals surface area (Å²) in [6, 6.07) is 13.7. The summed E-state index contributed by atoms with van der Waals surface area (Å²) in [6.07, 6.45) is 0. The topological polar surface area (TPSA) is 44.8 Å². The lowest BCUT2D eigenvalue weighted by Crippen LogP contribution is -2.52. The SMILES string of the molecule is O=C(NCCOc1cccc(Cl)c1)N1CCN(c2ccccc2F)CC1. The predicted molar refractivity (Wildman–Crippen MR) is 101 cm³/mol. The third-order valence-electron chi connectivity index (χ3n) is 4.20. The van der Waals surface area contributed by atoms with E-state index in [4.69, 9.17) is 16.3 Å². The predicted octanol–water partition coefficient (Wildman–Crippen LogP) is 3.39. The van der Waals surface area contributed by atoms with Crippen LogP contribution in [-0.2, 0) is 0 Å². The number of nitrogens with one attached hydrogen (secondary N) is 1. The molecular weight excluding hydrogens is 357 g/mol. The zero-order valence-electron chi connectivity index (χ0n) is 14.3. The highest BCUT2D eigenvalue weighted by atomic mass is 35.5. The molecule has 1 fully saturated rings. The van der Waals surface area contributed by atoms with Gasteiger partial charge < -0.3 is 19.9 Å². The van der Waals surface area contributed by atoms with E-state index in [9.17, 15) is 9.18 Å². The Morgan fingerprint density at radius 2 is 1.88 bits per heavy atom. The van der Waals surface area contributed by atoms with Gasteiger partial charge in [0.05, 0.1) is 12.2 Å². The molecule has 0 radical (unpaired) electrons. The Balaban J connectivity index is 1.39. The van der Waals surface area contributed by atoms with Crippen molar-refractivity contribution >= 4 is 23.3 Å². The van der Waals surface area contributed by atoms with Gasteiger partial charge in [-0.3, -0.25) is 0 Å². The molecule has 1 heterocycles.